The van der Waals surface area contributed by atoms with E-state index in [2.05, 4.69) is 43.5 Å². The summed E-state index contributed by atoms with van der Waals surface area (Å²) in [5.41, 5.74) is 0. The molecule has 0 aromatic rings. The van der Waals surface area contributed by atoms with Gasteiger partial charge in [-0.25, -0.2) is 0 Å². The van der Waals surface area contributed by atoms with Gasteiger partial charge in [0, 0.05) is 6.42 Å². The summed E-state index contributed by atoms with van der Waals surface area (Å²) in [5.74, 6) is -0.283. The van der Waals surface area contributed by atoms with Gasteiger partial charge in [0.1, 0.15) is 73.2 Å². The summed E-state index contributed by atoms with van der Waals surface area (Å²) in [6.45, 7) is 1.76. The van der Waals surface area contributed by atoms with Crippen molar-refractivity contribution in [3.63, 3.8) is 0 Å². The standard InChI is InChI=1S/C81H151NO18/c1-3-5-7-9-11-13-15-17-19-21-23-25-26-27-28-29-30-31-32-33-34-35-36-37-38-39-41-43-45-47-49-51-53-55-57-59-69(87)82-64(65(86)58-56-54-52-50-48-46-44-42-40-24-22-20-18-16-14-12-10-8-6-4-2)63-95-79-75(93)72(90)77(67(61-84)97-79)100-81-76(94)73(91)78(68(62-85)98-81)99-80-74(92)71(89)70(88)66(60-83)96-80/h40,42,48,50,56,58,64-68,70-81,83-86,88-94H,3-39,41,43-47,49,51-55,57,59-63H2,1-2H3,(H,82,87)/b42-40+,50-48+,58-56+. The minimum Gasteiger partial charge on any atom is -0.394 e. The average Bonchev–Trinajstić information content (AvgIpc) is 0.783. The fraction of sp³-hybridized carbons (Fsp3) is 0.914. The Kier molecular flexibility index (Phi) is 57.3. The number of allylic oxidation sites excluding steroid dienone is 5. The molecule has 19 heteroatoms. The molecule has 3 rings (SSSR count). The molecule has 0 bridgehead atoms. The summed E-state index contributed by atoms with van der Waals surface area (Å²) < 4.78 is 34.4. The quantitative estimate of drug-likeness (QED) is 0.0199. The first kappa shape index (κ1) is 92.2. The smallest absolute Gasteiger partial charge is 0.220 e. The lowest BCUT2D eigenvalue weighted by Gasteiger charge is -2.48. The highest BCUT2D eigenvalue weighted by Crippen LogP contribution is 2.33. The maximum absolute atomic E-state index is 13.5. The van der Waals surface area contributed by atoms with Crippen LogP contribution in [-0.2, 0) is 33.2 Å². The van der Waals surface area contributed by atoms with Gasteiger partial charge < -0.3 is 89.9 Å². The fourth-order valence-corrected chi connectivity index (χ4v) is 14.1. The third-order valence-corrected chi connectivity index (χ3v) is 20.7. The molecule has 100 heavy (non-hydrogen) atoms. The van der Waals surface area contributed by atoms with Crippen molar-refractivity contribution in [3.8, 4) is 0 Å². The number of ether oxygens (including phenoxy) is 6. The highest BCUT2D eigenvalue weighted by Gasteiger charge is 2.54. The SMILES string of the molecule is CCCCCCCCCCCC/C=C/CC/C=C/CC/C=C/C(O)C(COC1OC(CO)C(OC2OC(CO)C(OC3OC(CO)C(O)C(O)C3O)C(O)C2O)C(O)C1O)NC(=O)CCCCCCCCCCCCCCCCCCCCCCCCCCCCCCCCCCCCC. The van der Waals surface area contributed by atoms with Crippen molar-refractivity contribution in [3.05, 3.63) is 36.5 Å². The van der Waals surface area contributed by atoms with Gasteiger partial charge in [0.05, 0.1) is 38.6 Å². The van der Waals surface area contributed by atoms with Crippen molar-refractivity contribution in [2.45, 2.75) is 446 Å². The van der Waals surface area contributed by atoms with E-state index in [1.165, 1.54) is 263 Å². The molecule has 17 atom stereocenters. The Morgan fingerprint density at radius 2 is 0.640 bits per heavy atom. The maximum atomic E-state index is 13.5. The number of carbonyl (C=O) groups excluding carboxylic acids is 1. The van der Waals surface area contributed by atoms with E-state index in [1.807, 2.05) is 6.08 Å². The van der Waals surface area contributed by atoms with Crippen LogP contribution in [0, 0.1) is 0 Å². The van der Waals surface area contributed by atoms with Crippen molar-refractivity contribution in [2.24, 2.45) is 0 Å². The summed E-state index contributed by atoms with van der Waals surface area (Å²) in [7, 11) is 0. The lowest BCUT2D eigenvalue weighted by atomic mass is 9.96. The molecular formula is C81H151NO18. The molecule has 3 aliphatic rings. The number of hydrogen-bond donors (Lipinski definition) is 12. The molecule has 0 aliphatic carbocycles. The Labute approximate surface area is 606 Å². The number of aliphatic hydroxyl groups is 11. The van der Waals surface area contributed by atoms with Crippen LogP contribution >= 0.6 is 0 Å². The van der Waals surface area contributed by atoms with Gasteiger partial charge in [-0.2, -0.15) is 0 Å². The molecule has 0 aromatic carbocycles. The van der Waals surface area contributed by atoms with Crippen molar-refractivity contribution in [2.75, 3.05) is 26.4 Å². The van der Waals surface area contributed by atoms with E-state index in [-0.39, 0.29) is 18.9 Å². The number of unbranched alkanes of at least 4 members (excludes halogenated alkanes) is 46. The Bertz CT molecular complexity index is 1950. The summed E-state index contributed by atoms with van der Waals surface area (Å²) >= 11 is 0. The maximum Gasteiger partial charge on any atom is 0.220 e. The predicted octanol–water partition coefficient (Wildman–Crippen LogP) is 13.9. The van der Waals surface area contributed by atoms with Crippen LogP contribution in [0.3, 0.4) is 0 Å². The van der Waals surface area contributed by atoms with Gasteiger partial charge in [-0.1, -0.05) is 326 Å². The average molecular weight is 1430 g/mol. The molecule has 0 spiro atoms. The normalized spacial score (nSPS) is 26.6. The number of amides is 1. The third-order valence-electron chi connectivity index (χ3n) is 20.7. The van der Waals surface area contributed by atoms with E-state index in [9.17, 15) is 61.0 Å². The number of aliphatic hydroxyl groups excluding tert-OH is 11. The van der Waals surface area contributed by atoms with E-state index in [1.54, 1.807) is 6.08 Å². The first-order valence-corrected chi connectivity index (χ1v) is 41.2. The van der Waals surface area contributed by atoms with Crippen LogP contribution in [0.1, 0.15) is 341 Å². The van der Waals surface area contributed by atoms with Gasteiger partial charge >= 0.3 is 0 Å². The zero-order chi connectivity index (χ0) is 72.5. The second-order valence-electron chi connectivity index (χ2n) is 29.6. The topological polar surface area (TPSA) is 307 Å². The fourth-order valence-electron chi connectivity index (χ4n) is 14.1. The van der Waals surface area contributed by atoms with Gasteiger partial charge in [0.2, 0.25) is 5.91 Å². The largest absolute Gasteiger partial charge is 0.394 e. The number of rotatable bonds is 66. The van der Waals surface area contributed by atoms with Crippen LogP contribution in [-0.4, -0.2) is 193 Å². The first-order chi connectivity index (χ1) is 48.8. The zero-order valence-corrected chi connectivity index (χ0v) is 62.9. The number of nitrogens with one attached hydrogen (secondary N) is 1. The molecule has 0 saturated carbocycles. The van der Waals surface area contributed by atoms with Gasteiger partial charge in [0.15, 0.2) is 18.9 Å². The summed E-state index contributed by atoms with van der Waals surface area (Å²) in [6.07, 6.45) is 50.2. The van der Waals surface area contributed by atoms with E-state index in [4.69, 9.17) is 28.4 Å². The molecular weight excluding hydrogens is 1270 g/mol. The first-order valence-electron chi connectivity index (χ1n) is 41.2. The van der Waals surface area contributed by atoms with Gasteiger partial charge in [0.25, 0.3) is 0 Å². The summed E-state index contributed by atoms with van der Waals surface area (Å²) in [4.78, 5) is 13.5. The Balaban J connectivity index is 1.34. The van der Waals surface area contributed by atoms with Crippen molar-refractivity contribution in [1.29, 1.82) is 0 Å². The Morgan fingerprint density at radius 3 is 1.00 bits per heavy atom. The van der Waals surface area contributed by atoms with Gasteiger partial charge in [-0.05, 0) is 44.9 Å². The minimum absolute atomic E-state index is 0.236. The van der Waals surface area contributed by atoms with Crippen LogP contribution in [0.5, 0.6) is 0 Å². The molecule has 19 nitrogen and oxygen atoms in total. The third kappa shape index (κ3) is 41.8. The molecule has 0 radical (unpaired) electrons. The van der Waals surface area contributed by atoms with Crippen molar-refractivity contribution in [1.82, 2.24) is 5.32 Å². The van der Waals surface area contributed by atoms with Crippen molar-refractivity contribution < 1.29 is 89.4 Å². The molecule has 3 saturated heterocycles. The van der Waals surface area contributed by atoms with Crippen LogP contribution in [0.2, 0.25) is 0 Å². The highest BCUT2D eigenvalue weighted by molar-refractivity contribution is 5.76. The second-order valence-corrected chi connectivity index (χ2v) is 29.6. The molecule has 3 aliphatic heterocycles. The molecule has 588 valence electrons. The van der Waals surface area contributed by atoms with Gasteiger partial charge in [-0.15, -0.1) is 0 Å². The molecule has 3 fully saturated rings. The van der Waals surface area contributed by atoms with Crippen LogP contribution in [0.25, 0.3) is 0 Å². The monoisotopic (exact) mass is 1430 g/mol. The van der Waals surface area contributed by atoms with Crippen molar-refractivity contribution >= 4 is 5.91 Å². The number of carbonyl (C=O) groups is 1. The summed E-state index contributed by atoms with van der Waals surface area (Å²) in [6, 6.07) is -0.996. The highest BCUT2D eigenvalue weighted by atomic mass is 16.8. The lowest BCUT2D eigenvalue weighted by Crippen LogP contribution is -2.66. The van der Waals surface area contributed by atoms with E-state index in [0.29, 0.717) is 12.8 Å². The molecule has 3 heterocycles. The lowest BCUT2D eigenvalue weighted by molar-refractivity contribution is -0.379. The molecule has 0 aromatic heterocycles. The Morgan fingerprint density at radius 1 is 0.350 bits per heavy atom. The van der Waals surface area contributed by atoms with E-state index < -0.39 is 124 Å². The van der Waals surface area contributed by atoms with E-state index >= 15 is 0 Å². The zero-order valence-electron chi connectivity index (χ0n) is 62.9. The van der Waals surface area contributed by atoms with Crippen LogP contribution in [0.4, 0.5) is 0 Å². The molecule has 17 unspecified atom stereocenters. The second kappa shape index (κ2) is 62.1. The predicted molar refractivity (Wildman–Crippen MR) is 397 cm³/mol. The molecule has 1 amide bonds. The van der Waals surface area contributed by atoms with E-state index in [0.717, 1.165) is 44.9 Å². The molecule has 12 N–H and O–H groups in total. The summed E-state index contributed by atoms with van der Waals surface area (Å²) in [5, 5.41) is 121. The van der Waals surface area contributed by atoms with Gasteiger partial charge in [-0.3, -0.25) is 4.79 Å². The Hall–Kier alpha value is -1.99. The minimum atomic E-state index is -1.98. The van der Waals surface area contributed by atoms with Crippen LogP contribution in [0.15, 0.2) is 36.5 Å². The van der Waals surface area contributed by atoms with Crippen LogP contribution < -0.4 is 5.32 Å². The number of hydrogen-bond acceptors (Lipinski definition) is 18.